The summed E-state index contributed by atoms with van der Waals surface area (Å²) >= 11 is 1.49. The van der Waals surface area contributed by atoms with E-state index in [0.717, 1.165) is 10.1 Å². The number of phenols is 2. The minimum absolute atomic E-state index is 0.0578. The summed E-state index contributed by atoms with van der Waals surface area (Å²) in [5, 5.41) is 21.7. The minimum atomic E-state index is -0.655. The Morgan fingerprint density at radius 2 is 1.84 bits per heavy atom. The van der Waals surface area contributed by atoms with E-state index in [0.29, 0.717) is 11.1 Å². The summed E-state index contributed by atoms with van der Waals surface area (Å²) in [5.41, 5.74) is 1.01. The summed E-state index contributed by atoms with van der Waals surface area (Å²) in [6.07, 6.45) is 2.73. The number of carbonyl (C=O) groups excluding carboxylic acids is 2. The number of phenolic OH excluding ortho intramolecular Hbond substituents is 2. The van der Waals surface area contributed by atoms with Crippen molar-refractivity contribution in [3.63, 3.8) is 0 Å². The Hall–Kier alpha value is -3.12. The molecule has 0 atom stereocenters. The van der Waals surface area contributed by atoms with Crippen molar-refractivity contribution in [2.24, 2.45) is 0 Å². The van der Waals surface area contributed by atoms with E-state index in [1.54, 1.807) is 6.07 Å². The van der Waals surface area contributed by atoms with E-state index in [9.17, 15) is 19.8 Å². The maximum absolute atomic E-state index is 11.9. The monoisotopic (exact) mass is 354 g/mol. The fourth-order valence-corrected chi connectivity index (χ4v) is 3.10. The number of thiophene rings is 1. The van der Waals surface area contributed by atoms with Crippen molar-refractivity contribution in [3.8, 4) is 11.5 Å². The molecule has 0 saturated carbocycles. The minimum Gasteiger partial charge on any atom is -0.508 e. The third kappa shape index (κ3) is 4.05. The predicted molar refractivity (Wildman–Crippen MR) is 95.9 cm³/mol. The van der Waals surface area contributed by atoms with Gasteiger partial charge in [-0.1, -0.05) is 0 Å². The number of hydrogen-bond acceptors (Lipinski definition) is 6. The van der Waals surface area contributed by atoms with E-state index in [1.165, 1.54) is 47.8 Å². The molecule has 0 aliphatic heterocycles. The highest BCUT2D eigenvalue weighted by Gasteiger charge is 2.08. The molecule has 0 unspecified atom stereocenters. The van der Waals surface area contributed by atoms with Gasteiger partial charge >= 0.3 is 5.97 Å². The lowest BCUT2D eigenvalue weighted by Crippen LogP contribution is -2.12. The van der Waals surface area contributed by atoms with E-state index in [-0.39, 0.29) is 23.9 Å². The van der Waals surface area contributed by atoms with Gasteiger partial charge in [-0.05, 0) is 59.5 Å². The molecule has 0 radical (unpaired) electrons. The van der Waals surface area contributed by atoms with Gasteiger partial charge in [-0.25, -0.2) is 4.79 Å². The highest BCUT2D eigenvalue weighted by Crippen LogP contribution is 2.30. The number of Topliss-reactive ketones (excluding diaryl/α,β-unsaturated/α-hetero) is 1. The molecule has 0 saturated heterocycles. The molecule has 0 spiro atoms. The van der Waals surface area contributed by atoms with E-state index in [4.69, 9.17) is 4.74 Å². The van der Waals surface area contributed by atoms with Crippen molar-refractivity contribution in [1.82, 2.24) is 0 Å². The second-order valence-corrected chi connectivity index (χ2v) is 6.23. The van der Waals surface area contributed by atoms with Crippen LogP contribution in [0.1, 0.15) is 15.9 Å². The van der Waals surface area contributed by atoms with E-state index >= 15 is 0 Å². The van der Waals surface area contributed by atoms with Gasteiger partial charge in [-0.3, -0.25) is 4.79 Å². The van der Waals surface area contributed by atoms with Gasteiger partial charge in [0.05, 0.1) is 0 Å². The summed E-state index contributed by atoms with van der Waals surface area (Å²) in [7, 11) is 0. The molecule has 126 valence electrons. The quantitative estimate of drug-likeness (QED) is 0.414. The van der Waals surface area contributed by atoms with Crippen LogP contribution in [0.4, 0.5) is 0 Å². The van der Waals surface area contributed by atoms with Crippen molar-refractivity contribution >= 4 is 39.3 Å². The topological polar surface area (TPSA) is 83.8 Å². The molecule has 0 fully saturated rings. The normalized spacial score (nSPS) is 11.0. The van der Waals surface area contributed by atoms with Crippen molar-refractivity contribution < 1.29 is 24.5 Å². The standard InChI is InChI=1S/C19H14O5S/c20-14-4-2-13(3-5-14)17(22)11-24-19(23)6-1-12-9-16(21)15-7-8-25-18(15)10-12/h1-10,20-21H,11H2/b6-1+. The number of fused-ring (bicyclic) bond motifs is 1. The van der Waals surface area contributed by atoms with Crippen LogP contribution in [0, 0.1) is 0 Å². The van der Waals surface area contributed by atoms with Crippen LogP contribution in [-0.2, 0) is 9.53 Å². The van der Waals surface area contributed by atoms with E-state index in [1.807, 2.05) is 17.5 Å². The van der Waals surface area contributed by atoms with Gasteiger partial charge in [0.15, 0.2) is 12.4 Å². The van der Waals surface area contributed by atoms with Crippen LogP contribution in [0.15, 0.2) is 53.9 Å². The first-order valence-electron chi connectivity index (χ1n) is 7.40. The van der Waals surface area contributed by atoms with Crippen LogP contribution in [0.2, 0.25) is 0 Å². The molecule has 5 nitrogen and oxygen atoms in total. The lowest BCUT2D eigenvalue weighted by atomic mass is 10.1. The SMILES string of the molecule is O=C(/C=C/c1cc(O)c2ccsc2c1)OCC(=O)c1ccc(O)cc1. The van der Waals surface area contributed by atoms with Gasteiger partial charge in [0.2, 0.25) is 0 Å². The molecule has 0 amide bonds. The average molecular weight is 354 g/mol. The zero-order chi connectivity index (χ0) is 17.8. The summed E-state index contributed by atoms with van der Waals surface area (Å²) in [6, 6.07) is 10.9. The van der Waals surface area contributed by atoms with Crippen molar-refractivity contribution in [2.75, 3.05) is 6.61 Å². The number of benzene rings is 2. The Morgan fingerprint density at radius 3 is 2.60 bits per heavy atom. The fraction of sp³-hybridized carbons (Fsp3) is 0.0526. The summed E-state index contributed by atoms with van der Waals surface area (Å²) in [6.45, 7) is -0.386. The number of aromatic hydroxyl groups is 2. The Labute approximate surface area is 147 Å². The highest BCUT2D eigenvalue weighted by atomic mass is 32.1. The number of ketones is 1. The summed E-state index contributed by atoms with van der Waals surface area (Å²) < 4.78 is 5.83. The molecule has 1 heterocycles. The van der Waals surface area contributed by atoms with Crippen LogP contribution in [0.25, 0.3) is 16.2 Å². The van der Waals surface area contributed by atoms with E-state index < -0.39 is 5.97 Å². The molecule has 2 aromatic carbocycles. The van der Waals surface area contributed by atoms with Crippen molar-refractivity contribution in [2.45, 2.75) is 0 Å². The summed E-state index contributed by atoms with van der Waals surface area (Å²) in [4.78, 5) is 23.6. The Kier molecular flexibility index (Phi) is 4.81. The van der Waals surface area contributed by atoms with Gasteiger partial charge < -0.3 is 14.9 Å². The first kappa shape index (κ1) is 16.7. The highest BCUT2D eigenvalue weighted by molar-refractivity contribution is 7.17. The predicted octanol–water partition coefficient (Wildman–Crippen LogP) is 3.75. The Morgan fingerprint density at radius 1 is 1.08 bits per heavy atom. The molecule has 2 N–H and O–H groups in total. The van der Waals surface area contributed by atoms with Gasteiger partial charge in [0.1, 0.15) is 11.5 Å². The smallest absolute Gasteiger partial charge is 0.331 e. The largest absolute Gasteiger partial charge is 0.508 e. The molecule has 6 heteroatoms. The number of carbonyl (C=O) groups is 2. The molecule has 0 bridgehead atoms. The van der Waals surface area contributed by atoms with Gasteiger partial charge in [0.25, 0.3) is 0 Å². The maximum Gasteiger partial charge on any atom is 0.331 e. The third-order valence-electron chi connectivity index (χ3n) is 3.52. The first-order valence-corrected chi connectivity index (χ1v) is 8.28. The second-order valence-electron chi connectivity index (χ2n) is 5.28. The van der Waals surface area contributed by atoms with Crippen LogP contribution in [0.5, 0.6) is 11.5 Å². The number of esters is 1. The number of ether oxygens (including phenoxy) is 1. The first-order chi connectivity index (χ1) is 12.0. The van der Waals surface area contributed by atoms with Crippen LogP contribution in [-0.4, -0.2) is 28.6 Å². The Bertz CT molecular complexity index is 954. The third-order valence-corrected chi connectivity index (χ3v) is 4.38. The lowest BCUT2D eigenvalue weighted by molar-refractivity contribution is -0.136. The molecule has 0 aliphatic rings. The molecule has 3 rings (SSSR count). The number of hydrogen-bond donors (Lipinski definition) is 2. The number of rotatable bonds is 5. The Balaban J connectivity index is 1.60. The van der Waals surface area contributed by atoms with Gasteiger partial charge in [-0.15, -0.1) is 11.3 Å². The zero-order valence-electron chi connectivity index (χ0n) is 13.0. The van der Waals surface area contributed by atoms with Crippen molar-refractivity contribution in [3.05, 3.63) is 65.0 Å². The molecule has 0 aliphatic carbocycles. The van der Waals surface area contributed by atoms with Crippen LogP contribution < -0.4 is 0 Å². The van der Waals surface area contributed by atoms with E-state index in [2.05, 4.69) is 0 Å². The molecule has 1 aromatic heterocycles. The molecular formula is C19H14O5S. The van der Waals surface area contributed by atoms with Crippen LogP contribution >= 0.6 is 11.3 Å². The molecule has 3 aromatic rings. The van der Waals surface area contributed by atoms with Gasteiger partial charge in [-0.2, -0.15) is 0 Å². The maximum atomic E-state index is 11.9. The second kappa shape index (κ2) is 7.19. The zero-order valence-corrected chi connectivity index (χ0v) is 13.8. The van der Waals surface area contributed by atoms with Crippen molar-refractivity contribution in [1.29, 1.82) is 0 Å². The summed E-state index contributed by atoms with van der Waals surface area (Å²) in [5.74, 6) is -0.811. The average Bonchev–Trinajstić information content (AvgIpc) is 3.07. The van der Waals surface area contributed by atoms with Gasteiger partial charge in [0, 0.05) is 21.7 Å². The fourth-order valence-electron chi connectivity index (χ4n) is 2.25. The lowest BCUT2D eigenvalue weighted by Gasteiger charge is -2.02. The molecule has 25 heavy (non-hydrogen) atoms. The van der Waals surface area contributed by atoms with Crippen LogP contribution in [0.3, 0.4) is 0 Å². The molecular weight excluding hydrogens is 340 g/mol.